The van der Waals surface area contributed by atoms with Crippen LogP contribution in [0.3, 0.4) is 0 Å². The van der Waals surface area contributed by atoms with E-state index in [2.05, 4.69) is 29.5 Å². The maximum atomic E-state index is 11.7. The predicted molar refractivity (Wildman–Crippen MR) is 113 cm³/mol. The van der Waals surface area contributed by atoms with Crippen LogP contribution in [0.25, 0.3) is 0 Å². The van der Waals surface area contributed by atoms with Crippen molar-refractivity contribution in [2.45, 2.75) is 26.2 Å². The summed E-state index contributed by atoms with van der Waals surface area (Å²) >= 11 is 5.95. The van der Waals surface area contributed by atoms with Gasteiger partial charge in [-0.25, -0.2) is 4.99 Å². The number of aliphatic imine (C=N–C) groups is 1. The van der Waals surface area contributed by atoms with Gasteiger partial charge in [0.05, 0.1) is 0 Å². The molecule has 24 heavy (non-hydrogen) atoms. The van der Waals surface area contributed by atoms with E-state index in [9.17, 15) is 4.79 Å². The zero-order valence-electron chi connectivity index (χ0n) is 15.0. The maximum absolute atomic E-state index is 11.7. The number of halogens is 2. The lowest BCUT2D eigenvalue weighted by molar-refractivity contribution is -0.127. The molecular formula is C17H28ClIN4O. The zero-order chi connectivity index (χ0) is 17.5. The molecule has 1 aromatic rings. The summed E-state index contributed by atoms with van der Waals surface area (Å²) in [6.07, 6.45) is 0. The highest BCUT2D eigenvalue weighted by atomic mass is 127. The molecule has 0 spiro atoms. The van der Waals surface area contributed by atoms with E-state index in [4.69, 9.17) is 11.6 Å². The summed E-state index contributed by atoms with van der Waals surface area (Å²) in [6, 6.07) is 7.86. The van der Waals surface area contributed by atoms with E-state index in [0.29, 0.717) is 12.5 Å². The highest BCUT2D eigenvalue weighted by molar-refractivity contribution is 14.0. The highest BCUT2D eigenvalue weighted by Gasteiger charge is 2.21. The number of hydrogen-bond acceptors (Lipinski definition) is 2. The molecule has 1 amide bonds. The summed E-state index contributed by atoms with van der Waals surface area (Å²) < 4.78 is 0. The van der Waals surface area contributed by atoms with E-state index < -0.39 is 0 Å². The van der Waals surface area contributed by atoms with Gasteiger partial charge in [0.15, 0.2) is 5.96 Å². The number of carbonyl (C=O) groups excluding carboxylic acids is 1. The van der Waals surface area contributed by atoms with Crippen LogP contribution in [0.4, 0.5) is 0 Å². The minimum Gasteiger partial charge on any atom is -0.357 e. The van der Waals surface area contributed by atoms with Gasteiger partial charge in [-0.2, -0.15) is 0 Å². The van der Waals surface area contributed by atoms with E-state index in [1.165, 1.54) is 10.5 Å². The van der Waals surface area contributed by atoms with Crippen LogP contribution in [0.15, 0.2) is 29.3 Å². The van der Waals surface area contributed by atoms with Crippen molar-refractivity contribution >= 4 is 47.4 Å². The summed E-state index contributed by atoms with van der Waals surface area (Å²) in [5, 5.41) is 7.19. The van der Waals surface area contributed by atoms with Crippen LogP contribution in [-0.2, 0) is 10.2 Å². The molecular weight excluding hydrogens is 439 g/mol. The van der Waals surface area contributed by atoms with Crippen molar-refractivity contribution in [3.8, 4) is 0 Å². The van der Waals surface area contributed by atoms with Crippen LogP contribution < -0.4 is 10.6 Å². The van der Waals surface area contributed by atoms with Crippen LogP contribution in [0.5, 0.6) is 0 Å². The smallest absolute Gasteiger partial charge is 0.243 e. The lowest BCUT2D eigenvalue weighted by Gasteiger charge is -2.27. The van der Waals surface area contributed by atoms with Crippen LogP contribution in [0.1, 0.15) is 26.3 Å². The third kappa shape index (κ3) is 7.70. The van der Waals surface area contributed by atoms with Crippen molar-refractivity contribution in [1.82, 2.24) is 15.5 Å². The van der Waals surface area contributed by atoms with Crippen LogP contribution in [-0.4, -0.2) is 50.5 Å². The Morgan fingerprint density at radius 1 is 1.21 bits per heavy atom. The number of hydrogen-bond donors (Lipinski definition) is 2. The normalized spacial score (nSPS) is 11.5. The van der Waals surface area contributed by atoms with Crippen molar-refractivity contribution in [2.24, 2.45) is 4.99 Å². The van der Waals surface area contributed by atoms with Crippen LogP contribution >= 0.6 is 35.6 Å². The summed E-state index contributed by atoms with van der Waals surface area (Å²) in [7, 11) is 3.45. The Kier molecular flexibility index (Phi) is 10.3. The molecule has 1 rings (SSSR count). The third-order valence-electron chi connectivity index (χ3n) is 3.54. The molecule has 0 saturated heterocycles. The van der Waals surface area contributed by atoms with Gasteiger partial charge < -0.3 is 15.5 Å². The van der Waals surface area contributed by atoms with E-state index >= 15 is 0 Å². The number of rotatable bonds is 6. The number of nitrogens with zero attached hydrogens (tertiary/aromatic N) is 2. The Bertz CT molecular complexity index is 544. The SMILES string of the molecule is CCNC(=NCC(=O)N(C)C)NCC(C)(C)c1ccc(Cl)cc1.I. The molecule has 136 valence electrons. The molecule has 0 saturated carbocycles. The Labute approximate surface area is 167 Å². The monoisotopic (exact) mass is 466 g/mol. The fourth-order valence-corrected chi connectivity index (χ4v) is 2.06. The van der Waals surface area contributed by atoms with Crippen molar-refractivity contribution in [1.29, 1.82) is 0 Å². The Hall–Kier alpha value is -1.02. The van der Waals surface area contributed by atoms with Gasteiger partial charge in [0.1, 0.15) is 6.54 Å². The molecule has 0 aliphatic rings. The second kappa shape index (κ2) is 10.8. The van der Waals surface area contributed by atoms with E-state index in [1.54, 1.807) is 14.1 Å². The minimum absolute atomic E-state index is 0. The van der Waals surface area contributed by atoms with E-state index in [1.807, 2.05) is 31.2 Å². The zero-order valence-corrected chi connectivity index (χ0v) is 18.1. The number of likely N-dealkylation sites (N-methyl/N-ethyl adjacent to an activating group) is 1. The topological polar surface area (TPSA) is 56.7 Å². The van der Waals surface area contributed by atoms with Gasteiger partial charge in [0, 0.05) is 37.6 Å². The fraction of sp³-hybridized carbons (Fsp3) is 0.529. The first kappa shape index (κ1) is 23.0. The molecule has 5 nitrogen and oxygen atoms in total. The molecule has 0 unspecified atom stereocenters. The summed E-state index contributed by atoms with van der Waals surface area (Å²) in [4.78, 5) is 17.5. The average Bonchev–Trinajstić information content (AvgIpc) is 2.50. The standard InChI is InChI=1S/C17H27ClN4O.HI/c1-6-19-16(20-11-15(23)22(4)5)21-12-17(2,3)13-7-9-14(18)10-8-13;/h7-10H,6,11-12H2,1-5H3,(H2,19,20,21);1H. The lowest BCUT2D eigenvalue weighted by atomic mass is 9.85. The van der Waals surface area contributed by atoms with Crippen molar-refractivity contribution in [3.05, 3.63) is 34.9 Å². The Morgan fingerprint density at radius 2 is 1.79 bits per heavy atom. The molecule has 0 radical (unpaired) electrons. The number of nitrogens with one attached hydrogen (secondary N) is 2. The van der Waals surface area contributed by atoms with Gasteiger partial charge in [-0.15, -0.1) is 24.0 Å². The number of benzene rings is 1. The number of carbonyl (C=O) groups is 1. The van der Waals surface area contributed by atoms with Gasteiger partial charge in [0.2, 0.25) is 5.91 Å². The van der Waals surface area contributed by atoms with Gasteiger partial charge in [-0.3, -0.25) is 4.79 Å². The molecule has 0 aliphatic carbocycles. The number of guanidine groups is 1. The second-order valence-electron chi connectivity index (χ2n) is 6.23. The summed E-state index contributed by atoms with van der Waals surface area (Å²) in [6.45, 7) is 7.86. The molecule has 0 aromatic heterocycles. The van der Waals surface area contributed by atoms with Crippen molar-refractivity contribution in [2.75, 3.05) is 33.7 Å². The average molecular weight is 467 g/mol. The van der Waals surface area contributed by atoms with Gasteiger partial charge >= 0.3 is 0 Å². The molecule has 0 bridgehead atoms. The van der Waals surface area contributed by atoms with Crippen LogP contribution in [0.2, 0.25) is 5.02 Å². The minimum atomic E-state index is -0.0909. The largest absolute Gasteiger partial charge is 0.357 e. The quantitative estimate of drug-likeness (QED) is 0.385. The fourth-order valence-electron chi connectivity index (χ4n) is 1.94. The van der Waals surface area contributed by atoms with Crippen LogP contribution in [0, 0.1) is 0 Å². The van der Waals surface area contributed by atoms with E-state index in [0.717, 1.165) is 11.6 Å². The maximum Gasteiger partial charge on any atom is 0.243 e. The molecule has 0 aliphatic heterocycles. The molecule has 0 fully saturated rings. The van der Waals surface area contributed by atoms with Gasteiger partial charge in [0.25, 0.3) is 0 Å². The molecule has 1 aromatic carbocycles. The van der Waals surface area contributed by atoms with Gasteiger partial charge in [-0.05, 0) is 24.6 Å². The first-order chi connectivity index (χ1) is 10.8. The molecule has 2 N–H and O–H groups in total. The highest BCUT2D eigenvalue weighted by Crippen LogP contribution is 2.23. The lowest BCUT2D eigenvalue weighted by Crippen LogP contribution is -2.44. The Balaban J connectivity index is 0.00000529. The van der Waals surface area contributed by atoms with Gasteiger partial charge in [-0.1, -0.05) is 37.6 Å². The molecule has 0 heterocycles. The third-order valence-corrected chi connectivity index (χ3v) is 3.79. The number of amides is 1. The first-order valence-corrected chi connectivity index (χ1v) is 8.12. The summed E-state index contributed by atoms with van der Waals surface area (Å²) in [5.41, 5.74) is 1.10. The first-order valence-electron chi connectivity index (χ1n) is 7.74. The summed E-state index contributed by atoms with van der Waals surface area (Å²) in [5.74, 6) is 0.615. The Morgan fingerprint density at radius 3 is 2.29 bits per heavy atom. The van der Waals surface area contributed by atoms with Crippen molar-refractivity contribution < 1.29 is 4.79 Å². The van der Waals surface area contributed by atoms with E-state index in [-0.39, 0.29) is 41.8 Å². The van der Waals surface area contributed by atoms with Crippen molar-refractivity contribution in [3.63, 3.8) is 0 Å². The predicted octanol–water partition coefficient (Wildman–Crippen LogP) is 2.88. The molecule has 7 heteroatoms. The second-order valence-corrected chi connectivity index (χ2v) is 6.66. The molecule has 0 atom stereocenters.